The molecule has 2 aromatic heterocycles. The van der Waals surface area contributed by atoms with Gasteiger partial charge in [0.1, 0.15) is 22.8 Å². The van der Waals surface area contributed by atoms with Crippen molar-refractivity contribution in [2.45, 2.75) is 33.2 Å². The van der Waals surface area contributed by atoms with Gasteiger partial charge in [-0.25, -0.2) is 4.98 Å². The maximum atomic E-state index is 12.9. The molecule has 4 rings (SSSR count). The van der Waals surface area contributed by atoms with Crippen molar-refractivity contribution in [3.63, 3.8) is 0 Å². The Morgan fingerprint density at radius 1 is 1.31 bits per heavy atom. The molecule has 1 saturated heterocycles. The highest BCUT2D eigenvalue weighted by Gasteiger charge is 2.29. The second-order valence-corrected chi connectivity index (χ2v) is 7.36. The maximum absolute atomic E-state index is 12.9. The van der Waals surface area contributed by atoms with Crippen molar-refractivity contribution in [3.8, 4) is 5.75 Å². The van der Waals surface area contributed by atoms with E-state index >= 15 is 0 Å². The van der Waals surface area contributed by atoms with E-state index in [1.807, 2.05) is 38.1 Å². The van der Waals surface area contributed by atoms with Crippen molar-refractivity contribution in [1.82, 2.24) is 20.4 Å². The van der Waals surface area contributed by atoms with E-state index in [0.717, 1.165) is 47.6 Å². The molecule has 0 saturated carbocycles. The zero-order valence-corrected chi connectivity index (χ0v) is 16.9. The van der Waals surface area contributed by atoms with Crippen LogP contribution in [0.2, 0.25) is 0 Å². The molecule has 29 heavy (non-hydrogen) atoms. The van der Waals surface area contributed by atoms with Gasteiger partial charge in [0.05, 0.1) is 18.7 Å². The number of aryl methyl sites for hydroxylation is 2. The molecular weight excluding hydrogens is 370 g/mol. The minimum atomic E-state index is -0.107. The summed E-state index contributed by atoms with van der Waals surface area (Å²) < 4.78 is 10.7. The number of hydrogen-bond acceptors (Lipinski definition) is 7. The molecule has 1 aromatic carbocycles. The van der Waals surface area contributed by atoms with Crippen molar-refractivity contribution >= 4 is 22.8 Å². The normalized spacial score (nSPS) is 16.8. The van der Waals surface area contributed by atoms with Crippen molar-refractivity contribution in [2.24, 2.45) is 5.92 Å². The van der Waals surface area contributed by atoms with Crippen LogP contribution >= 0.6 is 0 Å². The molecular formula is C21H25N5O3. The minimum absolute atomic E-state index is 0.0460. The number of hydrogen-bond donors (Lipinski definition) is 1. The lowest BCUT2D eigenvalue weighted by Crippen LogP contribution is -2.43. The van der Waals surface area contributed by atoms with E-state index in [1.54, 1.807) is 7.11 Å². The summed E-state index contributed by atoms with van der Waals surface area (Å²) >= 11 is 0. The summed E-state index contributed by atoms with van der Waals surface area (Å²) in [5.74, 6) is 2.15. The van der Waals surface area contributed by atoms with E-state index in [9.17, 15) is 4.79 Å². The number of ether oxygens (including phenoxy) is 1. The Labute approximate surface area is 169 Å². The summed E-state index contributed by atoms with van der Waals surface area (Å²) in [5, 5.41) is 7.92. The Morgan fingerprint density at radius 3 is 2.97 bits per heavy atom. The Morgan fingerprint density at radius 2 is 2.14 bits per heavy atom. The fourth-order valence-corrected chi connectivity index (χ4v) is 3.86. The fourth-order valence-electron chi connectivity index (χ4n) is 3.86. The molecule has 0 aliphatic carbocycles. The SMILES string of the molecule is COc1ccccc1CNC(=O)C1CCCN(c2nc(C)nc3onc(C)c23)C1. The van der Waals surface area contributed by atoms with Crippen LogP contribution in [0.4, 0.5) is 5.82 Å². The van der Waals surface area contributed by atoms with Crippen molar-refractivity contribution < 1.29 is 14.1 Å². The minimum Gasteiger partial charge on any atom is -0.496 e. The van der Waals surface area contributed by atoms with Gasteiger partial charge >= 0.3 is 0 Å². The average molecular weight is 395 g/mol. The second kappa shape index (κ2) is 8.06. The number of benzene rings is 1. The highest BCUT2D eigenvalue weighted by Crippen LogP contribution is 2.30. The van der Waals surface area contributed by atoms with Crippen molar-refractivity contribution in [2.75, 3.05) is 25.1 Å². The summed E-state index contributed by atoms with van der Waals surface area (Å²) in [5.41, 5.74) is 2.22. The number of piperidine rings is 1. The highest BCUT2D eigenvalue weighted by atomic mass is 16.5. The monoisotopic (exact) mass is 395 g/mol. The van der Waals surface area contributed by atoms with Gasteiger partial charge in [0, 0.05) is 25.2 Å². The van der Waals surface area contributed by atoms with E-state index in [0.29, 0.717) is 24.6 Å². The fraction of sp³-hybridized carbons (Fsp3) is 0.429. The highest BCUT2D eigenvalue weighted by molar-refractivity contribution is 5.88. The number of rotatable bonds is 5. The predicted molar refractivity (Wildman–Crippen MR) is 109 cm³/mol. The Hall–Kier alpha value is -3.16. The average Bonchev–Trinajstić information content (AvgIpc) is 3.12. The van der Waals surface area contributed by atoms with E-state index in [-0.39, 0.29) is 11.8 Å². The topological polar surface area (TPSA) is 93.4 Å². The zero-order chi connectivity index (χ0) is 20.4. The van der Waals surface area contributed by atoms with Gasteiger partial charge in [-0.3, -0.25) is 4.79 Å². The van der Waals surface area contributed by atoms with E-state index in [2.05, 4.69) is 25.3 Å². The van der Waals surface area contributed by atoms with Gasteiger partial charge in [0.15, 0.2) is 0 Å². The summed E-state index contributed by atoms with van der Waals surface area (Å²) in [6, 6.07) is 7.71. The third kappa shape index (κ3) is 3.87. The molecule has 0 bridgehead atoms. The molecule has 1 atom stereocenters. The lowest BCUT2D eigenvalue weighted by Gasteiger charge is -2.33. The van der Waals surface area contributed by atoms with Gasteiger partial charge in [-0.1, -0.05) is 23.4 Å². The first-order valence-electron chi connectivity index (χ1n) is 9.82. The summed E-state index contributed by atoms with van der Waals surface area (Å²) in [6.45, 7) is 5.61. The molecule has 8 heteroatoms. The molecule has 0 radical (unpaired) electrons. The number of fused-ring (bicyclic) bond motifs is 1. The van der Waals surface area contributed by atoms with Gasteiger partial charge in [-0.05, 0) is 32.8 Å². The number of aromatic nitrogens is 3. The third-order valence-corrected chi connectivity index (χ3v) is 5.34. The maximum Gasteiger partial charge on any atom is 0.263 e. The molecule has 1 fully saturated rings. The summed E-state index contributed by atoms with van der Waals surface area (Å²) in [4.78, 5) is 24.0. The molecule has 1 aliphatic heterocycles. The largest absolute Gasteiger partial charge is 0.496 e. The van der Waals surface area contributed by atoms with Gasteiger partial charge in [0.2, 0.25) is 5.91 Å². The number of para-hydroxylation sites is 1. The van der Waals surface area contributed by atoms with Crippen LogP contribution in [0, 0.1) is 19.8 Å². The first kappa shape index (κ1) is 19.2. The number of nitrogens with one attached hydrogen (secondary N) is 1. The standard InChI is InChI=1S/C21H25N5O3/c1-13-18-19(23-14(2)24-21(18)29-25-13)26-10-6-8-16(12-26)20(27)22-11-15-7-4-5-9-17(15)28-3/h4-5,7,9,16H,6,8,10-12H2,1-3H3,(H,22,27). The zero-order valence-electron chi connectivity index (χ0n) is 16.9. The van der Waals surface area contributed by atoms with Gasteiger partial charge in [0.25, 0.3) is 5.71 Å². The number of methoxy groups -OCH3 is 1. The third-order valence-electron chi connectivity index (χ3n) is 5.34. The van der Waals surface area contributed by atoms with Crippen molar-refractivity contribution in [3.05, 3.63) is 41.3 Å². The number of carbonyl (C=O) groups is 1. The molecule has 1 N–H and O–H groups in total. The second-order valence-electron chi connectivity index (χ2n) is 7.36. The Kier molecular flexibility index (Phi) is 5.33. The van der Waals surface area contributed by atoms with Gasteiger partial charge < -0.3 is 19.5 Å². The van der Waals surface area contributed by atoms with Crippen LogP contribution < -0.4 is 15.0 Å². The van der Waals surface area contributed by atoms with E-state index < -0.39 is 0 Å². The lowest BCUT2D eigenvalue weighted by atomic mass is 9.96. The molecule has 8 nitrogen and oxygen atoms in total. The van der Waals surface area contributed by atoms with Crippen LogP contribution in [0.5, 0.6) is 5.75 Å². The van der Waals surface area contributed by atoms with E-state index in [1.165, 1.54) is 0 Å². The van der Waals surface area contributed by atoms with Crippen LogP contribution in [0.1, 0.15) is 29.9 Å². The molecule has 3 aromatic rings. The first-order chi connectivity index (χ1) is 14.1. The molecule has 1 aliphatic rings. The number of amides is 1. The Bertz CT molecular complexity index is 1030. The Balaban J connectivity index is 1.49. The number of anilines is 1. The molecule has 3 heterocycles. The quantitative estimate of drug-likeness (QED) is 0.710. The van der Waals surface area contributed by atoms with E-state index in [4.69, 9.17) is 9.26 Å². The van der Waals surface area contributed by atoms with Gasteiger partial charge in [-0.15, -0.1) is 0 Å². The van der Waals surface area contributed by atoms with Crippen LogP contribution in [-0.4, -0.2) is 41.2 Å². The lowest BCUT2D eigenvalue weighted by molar-refractivity contribution is -0.125. The molecule has 0 spiro atoms. The first-order valence-corrected chi connectivity index (χ1v) is 9.82. The van der Waals surface area contributed by atoms with Crippen LogP contribution in [0.15, 0.2) is 28.8 Å². The molecule has 1 amide bonds. The smallest absolute Gasteiger partial charge is 0.263 e. The number of carbonyl (C=O) groups excluding carboxylic acids is 1. The molecule has 1 unspecified atom stereocenters. The van der Waals surface area contributed by atoms with Crippen LogP contribution in [-0.2, 0) is 11.3 Å². The van der Waals surface area contributed by atoms with Gasteiger partial charge in [-0.2, -0.15) is 4.98 Å². The van der Waals surface area contributed by atoms with Crippen LogP contribution in [0.3, 0.4) is 0 Å². The van der Waals surface area contributed by atoms with Crippen LogP contribution in [0.25, 0.3) is 11.1 Å². The van der Waals surface area contributed by atoms with Crippen molar-refractivity contribution in [1.29, 1.82) is 0 Å². The molecule has 152 valence electrons. The predicted octanol–water partition coefficient (Wildman–Crippen LogP) is 2.78. The summed E-state index contributed by atoms with van der Waals surface area (Å²) in [6.07, 6.45) is 1.77. The number of nitrogens with zero attached hydrogens (tertiary/aromatic N) is 4. The summed E-state index contributed by atoms with van der Waals surface area (Å²) in [7, 11) is 1.64.